The van der Waals surface area contributed by atoms with E-state index in [2.05, 4.69) is 4.72 Å². The Bertz CT molecular complexity index is 550. The van der Waals surface area contributed by atoms with Crippen LogP contribution in [0.4, 0.5) is 0 Å². The monoisotopic (exact) mass is 304 g/mol. The molecule has 1 aromatic carbocycles. The lowest BCUT2D eigenvalue weighted by atomic mass is 9.89. The molecule has 3 N–H and O–H groups in total. The molecule has 0 aliphatic rings. The minimum absolute atomic E-state index is 0.158. The zero-order valence-electron chi connectivity index (χ0n) is 11.7. The summed E-state index contributed by atoms with van der Waals surface area (Å²) in [6.07, 6.45) is 0. The molecule has 0 spiro atoms. The summed E-state index contributed by atoms with van der Waals surface area (Å²) in [4.78, 5) is 0.158. The van der Waals surface area contributed by atoms with Crippen LogP contribution in [-0.4, -0.2) is 14.5 Å². The zero-order valence-corrected chi connectivity index (χ0v) is 13.3. The largest absolute Gasteiger partial charge is 0.326 e. The average molecular weight is 305 g/mol. The third-order valence-electron chi connectivity index (χ3n) is 3.19. The average Bonchev–Trinajstić information content (AvgIpc) is 2.27. The van der Waals surface area contributed by atoms with Gasteiger partial charge in [-0.1, -0.05) is 38.4 Å². The number of rotatable bonds is 4. The van der Waals surface area contributed by atoms with Crippen LogP contribution in [0.2, 0.25) is 5.02 Å². The second-order valence-electron chi connectivity index (χ2n) is 5.67. The van der Waals surface area contributed by atoms with Crippen molar-refractivity contribution in [2.45, 2.75) is 45.2 Å². The standard InChI is InChI=1S/C13H21ClN2O2S/c1-9(13(2,3)4)16-19(17,18)11-6-5-10(8-15)12(14)7-11/h5-7,9,16H,8,15H2,1-4H3. The SMILES string of the molecule is CC(NS(=O)(=O)c1ccc(CN)c(Cl)c1)C(C)(C)C. The molecule has 0 saturated heterocycles. The normalized spacial score (nSPS) is 14.4. The lowest BCUT2D eigenvalue weighted by molar-refractivity contribution is 0.317. The summed E-state index contributed by atoms with van der Waals surface area (Å²) in [7, 11) is -3.57. The Morgan fingerprint density at radius 1 is 1.37 bits per heavy atom. The molecule has 1 aromatic rings. The second kappa shape index (κ2) is 5.79. The molecule has 0 bridgehead atoms. The van der Waals surface area contributed by atoms with E-state index in [0.29, 0.717) is 5.02 Å². The lowest BCUT2D eigenvalue weighted by Crippen LogP contribution is -2.41. The highest BCUT2D eigenvalue weighted by Crippen LogP contribution is 2.23. The van der Waals surface area contributed by atoms with Gasteiger partial charge in [-0.15, -0.1) is 0 Å². The van der Waals surface area contributed by atoms with Crippen LogP contribution < -0.4 is 10.5 Å². The fraction of sp³-hybridized carbons (Fsp3) is 0.538. The van der Waals surface area contributed by atoms with Crippen molar-refractivity contribution in [1.29, 1.82) is 0 Å². The van der Waals surface area contributed by atoms with E-state index in [4.69, 9.17) is 17.3 Å². The van der Waals surface area contributed by atoms with Crippen LogP contribution in [0.1, 0.15) is 33.3 Å². The number of sulfonamides is 1. The fourth-order valence-electron chi connectivity index (χ4n) is 1.34. The summed E-state index contributed by atoms with van der Waals surface area (Å²) in [5.74, 6) is 0. The third kappa shape index (κ3) is 4.18. The molecule has 0 saturated carbocycles. The second-order valence-corrected chi connectivity index (χ2v) is 7.79. The Morgan fingerprint density at radius 3 is 2.37 bits per heavy atom. The molecule has 1 atom stereocenters. The Hall–Kier alpha value is -0.620. The van der Waals surface area contributed by atoms with Crippen molar-refractivity contribution in [3.63, 3.8) is 0 Å². The van der Waals surface area contributed by atoms with Crippen LogP contribution >= 0.6 is 11.6 Å². The molecule has 1 unspecified atom stereocenters. The summed E-state index contributed by atoms with van der Waals surface area (Å²) >= 11 is 5.99. The maximum Gasteiger partial charge on any atom is 0.240 e. The van der Waals surface area contributed by atoms with Gasteiger partial charge in [0.05, 0.1) is 4.90 Å². The van der Waals surface area contributed by atoms with Crippen LogP contribution in [0.15, 0.2) is 23.1 Å². The lowest BCUT2D eigenvalue weighted by Gasteiger charge is -2.27. The van der Waals surface area contributed by atoms with Gasteiger partial charge in [0, 0.05) is 17.6 Å². The van der Waals surface area contributed by atoms with E-state index >= 15 is 0 Å². The van der Waals surface area contributed by atoms with E-state index in [9.17, 15) is 8.42 Å². The van der Waals surface area contributed by atoms with Crippen LogP contribution in [0.3, 0.4) is 0 Å². The number of nitrogens with one attached hydrogen (secondary N) is 1. The van der Waals surface area contributed by atoms with E-state index in [-0.39, 0.29) is 22.9 Å². The van der Waals surface area contributed by atoms with Crippen molar-refractivity contribution in [2.75, 3.05) is 0 Å². The molecule has 1 rings (SSSR count). The maximum atomic E-state index is 12.2. The Morgan fingerprint density at radius 2 is 1.95 bits per heavy atom. The summed E-state index contributed by atoms with van der Waals surface area (Å²) in [6.45, 7) is 8.05. The quantitative estimate of drug-likeness (QED) is 0.897. The first-order valence-electron chi connectivity index (χ1n) is 6.09. The Balaban J connectivity index is 3.05. The first-order valence-corrected chi connectivity index (χ1v) is 7.95. The third-order valence-corrected chi connectivity index (χ3v) is 5.08. The van der Waals surface area contributed by atoms with Crippen molar-refractivity contribution >= 4 is 21.6 Å². The molecule has 0 fully saturated rings. The van der Waals surface area contributed by atoms with Gasteiger partial charge in [-0.05, 0) is 30.0 Å². The molecular formula is C13H21ClN2O2S. The molecular weight excluding hydrogens is 284 g/mol. The fourth-order valence-corrected chi connectivity index (χ4v) is 3.14. The molecule has 0 aliphatic heterocycles. The van der Waals surface area contributed by atoms with E-state index < -0.39 is 10.0 Å². The van der Waals surface area contributed by atoms with Gasteiger partial charge >= 0.3 is 0 Å². The minimum Gasteiger partial charge on any atom is -0.326 e. The van der Waals surface area contributed by atoms with Gasteiger partial charge in [0.25, 0.3) is 0 Å². The first kappa shape index (κ1) is 16.4. The number of benzene rings is 1. The van der Waals surface area contributed by atoms with Crippen molar-refractivity contribution in [3.8, 4) is 0 Å². The van der Waals surface area contributed by atoms with Gasteiger partial charge in [-0.3, -0.25) is 0 Å². The molecule has 0 amide bonds. The predicted octanol–water partition coefficient (Wildman–Crippen LogP) is 2.51. The molecule has 0 heterocycles. The van der Waals surface area contributed by atoms with E-state index in [1.54, 1.807) is 6.07 Å². The Kier molecular flexibility index (Phi) is 5.01. The van der Waals surface area contributed by atoms with Gasteiger partial charge in [0.2, 0.25) is 10.0 Å². The van der Waals surface area contributed by atoms with Crippen molar-refractivity contribution < 1.29 is 8.42 Å². The van der Waals surface area contributed by atoms with E-state index in [0.717, 1.165) is 5.56 Å². The van der Waals surface area contributed by atoms with Gasteiger partial charge in [0.15, 0.2) is 0 Å². The van der Waals surface area contributed by atoms with Crippen LogP contribution in [0, 0.1) is 5.41 Å². The van der Waals surface area contributed by atoms with Crippen LogP contribution in [0.5, 0.6) is 0 Å². The number of halogens is 1. The first-order chi connectivity index (χ1) is 8.58. The summed E-state index contributed by atoms with van der Waals surface area (Å²) < 4.78 is 27.1. The molecule has 0 radical (unpaired) electrons. The number of hydrogen-bond donors (Lipinski definition) is 2. The number of hydrogen-bond acceptors (Lipinski definition) is 3. The molecule has 108 valence electrons. The van der Waals surface area contributed by atoms with E-state index in [1.165, 1.54) is 12.1 Å². The predicted molar refractivity (Wildman–Crippen MR) is 78.6 cm³/mol. The van der Waals surface area contributed by atoms with E-state index in [1.807, 2.05) is 27.7 Å². The van der Waals surface area contributed by atoms with Crippen LogP contribution in [0.25, 0.3) is 0 Å². The summed E-state index contributed by atoms with van der Waals surface area (Å²) in [5, 5.41) is 0.369. The molecule has 0 aliphatic carbocycles. The van der Waals surface area contributed by atoms with Crippen molar-refractivity contribution in [1.82, 2.24) is 4.72 Å². The van der Waals surface area contributed by atoms with Gasteiger partial charge in [-0.25, -0.2) is 13.1 Å². The molecule has 19 heavy (non-hydrogen) atoms. The Labute approximate surface area is 120 Å². The molecule has 6 heteroatoms. The summed E-state index contributed by atoms with van der Waals surface area (Å²) in [5.41, 5.74) is 6.07. The van der Waals surface area contributed by atoms with Crippen LogP contribution in [-0.2, 0) is 16.6 Å². The summed E-state index contributed by atoms with van der Waals surface area (Å²) in [6, 6.07) is 4.40. The van der Waals surface area contributed by atoms with Crippen molar-refractivity contribution in [3.05, 3.63) is 28.8 Å². The maximum absolute atomic E-state index is 12.2. The van der Waals surface area contributed by atoms with Gasteiger partial charge in [0.1, 0.15) is 0 Å². The minimum atomic E-state index is -3.57. The highest BCUT2D eigenvalue weighted by molar-refractivity contribution is 7.89. The highest BCUT2D eigenvalue weighted by Gasteiger charge is 2.26. The number of nitrogens with two attached hydrogens (primary N) is 1. The van der Waals surface area contributed by atoms with Crippen molar-refractivity contribution in [2.24, 2.45) is 11.1 Å². The van der Waals surface area contributed by atoms with Gasteiger partial charge < -0.3 is 5.73 Å². The highest BCUT2D eigenvalue weighted by atomic mass is 35.5. The topological polar surface area (TPSA) is 72.2 Å². The molecule has 0 aromatic heterocycles. The van der Waals surface area contributed by atoms with Gasteiger partial charge in [-0.2, -0.15) is 0 Å². The smallest absolute Gasteiger partial charge is 0.240 e. The molecule has 4 nitrogen and oxygen atoms in total. The zero-order chi connectivity index (χ0) is 14.8.